The van der Waals surface area contributed by atoms with Crippen molar-refractivity contribution in [3.63, 3.8) is 0 Å². The summed E-state index contributed by atoms with van der Waals surface area (Å²) in [6.45, 7) is 2.65. The second-order valence-corrected chi connectivity index (χ2v) is 5.90. The first-order chi connectivity index (χ1) is 10.4. The number of amides is 2. The lowest BCUT2D eigenvalue weighted by Gasteiger charge is -2.33. The average molecular weight is 304 g/mol. The zero-order chi connectivity index (χ0) is 16.3. The quantitative estimate of drug-likeness (QED) is 0.856. The molecule has 1 heterocycles. The summed E-state index contributed by atoms with van der Waals surface area (Å²) in [6.07, 6.45) is 1.05. The van der Waals surface area contributed by atoms with E-state index in [2.05, 4.69) is 0 Å². The average Bonchev–Trinajstić information content (AvgIpc) is 2.55. The van der Waals surface area contributed by atoms with Gasteiger partial charge in [-0.15, -0.1) is 0 Å². The van der Waals surface area contributed by atoms with Crippen LogP contribution >= 0.6 is 0 Å². The van der Waals surface area contributed by atoms with Crippen LogP contribution in [0, 0.1) is 5.92 Å². The first kappa shape index (κ1) is 16.3. The molecule has 1 aromatic rings. The van der Waals surface area contributed by atoms with E-state index >= 15 is 0 Å². The molecule has 2 atom stereocenters. The molecule has 2 amide bonds. The molecule has 0 N–H and O–H groups in total. The van der Waals surface area contributed by atoms with E-state index in [9.17, 15) is 9.59 Å². The number of carbonyl (C=O) groups is 2. The SMILES string of the molecule is COc1ccc([C@@H](C)N(C)C(=O)[C@@H]2CCN(C)C(=O)C2)cc1. The highest BCUT2D eigenvalue weighted by Crippen LogP contribution is 2.26. The maximum atomic E-state index is 12.6. The highest BCUT2D eigenvalue weighted by atomic mass is 16.5. The fourth-order valence-corrected chi connectivity index (χ4v) is 2.74. The van der Waals surface area contributed by atoms with Crippen LogP contribution in [0.5, 0.6) is 5.75 Å². The normalized spacial score (nSPS) is 19.7. The largest absolute Gasteiger partial charge is 0.497 e. The lowest BCUT2D eigenvalue weighted by molar-refractivity contribution is -0.144. The summed E-state index contributed by atoms with van der Waals surface area (Å²) in [5.41, 5.74) is 1.05. The fourth-order valence-electron chi connectivity index (χ4n) is 2.74. The molecule has 1 saturated heterocycles. The van der Waals surface area contributed by atoms with Gasteiger partial charge in [0, 0.05) is 33.0 Å². The van der Waals surface area contributed by atoms with Gasteiger partial charge in [0.1, 0.15) is 5.75 Å². The van der Waals surface area contributed by atoms with Gasteiger partial charge < -0.3 is 14.5 Å². The van der Waals surface area contributed by atoms with E-state index < -0.39 is 0 Å². The number of carbonyl (C=O) groups excluding carboxylic acids is 2. The van der Waals surface area contributed by atoms with Crippen LogP contribution in [0.1, 0.15) is 31.4 Å². The number of rotatable bonds is 4. The fraction of sp³-hybridized carbons (Fsp3) is 0.529. The summed E-state index contributed by atoms with van der Waals surface area (Å²) < 4.78 is 5.15. The lowest BCUT2D eigenvalue weighted by Crippen LogP contribution is -2.43. The Labute approximate surface area is 131 Å². The maximum absolute atomic E-state index is 12.6. The van der Waals surface area contributed by atoms with Crippen molar-refractivity contribution in [2.75, 3.05) is 27.7 Å². The molecular formula is C17H24N2O3. The van der Waals surface area contributed by atoms with Crippen molar-refractivity contribution in [3.05, 3.63) is 29.8 Å². The van der Waals surface area contributed by atoms with Gasteiger partial charge in [-0.3, -0.25) is 9.59 Å². The smallest absolute Gasteiger partial charge is 0.226 e. The van der Waals surface area contributed by atoms with Crippen LogP contribution in [0.4, 0.5) is 0 Å². The summed E-state index contributed by atoms with van der Waals surface area (Å²) in [5.74, 6) is 0.695. The Morgan fingerprint density at radius 2 is 2.00 bits per heavy atom. The Balaban J connectivity index is 2.04. The summed E-state index contributed by atoms with van der Waals surface area (Å²) in [6, 6.07) is 7.68. The molecule has 22 heavy (non-hydrogen) atoms. The predicted molar refractivity (Wildman–Crippen MR) is 84.5 cm³/mol. The number of hydrogen-bond acceptors (Lipinski definition) is 3. The third kappa shape index (κ3) is 3.40. The minimum absolute atomic E-state index is 0.0341. The van der Waals surface area contributed by atoms with E-state index in [1.54, 1.807) is 31.0 Å². The highest BCUT2D eigenvalue weighted by Gasteiger charge is 2.32. The maximum Gasteiger partial charge on any atom is 0.226 e. The van der Waals surface area contributed by atoms with Gasteiger partial charge in [0.25, 0.3) is 0 Å². The standard InChI is InChI=1S/C17H24N2O3/c1-12(13-5-7-15(22-4)8-6-13)19(3)17(21)14-9-10-18(2)16(20)11-14/h5-8,12,14H,9-11H2,1-4H3/t12-,14-/m1/s1. The Bertz CT molecular complexity index is 541. The summed E-state index contributed by atoms with van der Waals surface area (Å²) >= 11 is 0. The highest BCUT2D eigenvalue weighted by molar-refractivity contribution is 5.87. The van der Waals surface area contributed by atoms with Gasteiger partial charge in [-0.25, -0.2) is 0 Å². The number of hydrogen-bond donors (Lipinski definition) is 0. The van der Waals surface area contributed by atoms with Gasteiger partial charge in [0.2, 0.25) is 11.8 Å². The van der Waals surface area contributed by atoms with Gasteiger partial charge in [0.05, 0.1) is 13.2 Å². The Hall–Kier alpha value is -2.04. The molecule has 0 saturated carbocycles. The van der Waals surface area contributed by atoms with E-state index in [4.69, 9.17) is 4.74 Å². The predicted octanol–water partition coefficient (Wildman–Crippen LogP) is 2.08. The number of methoxy groups -OCH3 is 1. The van der Waals surface area contributed by atoms with Crippen molar-refractivity contribution in [2.24, 2.45) is 5.92 Å². The molecule has 1 fully saturated rings. The van der Waals surface area contributed by atoms with Gasteiger partial charge >= 0.3 is 0 Å². The van der Waals surface area contributed by atoms with Crippen LogP contribution < -0.4 is 4.74 Å². The van der Waals surface area contributed by atoms with Crippen molar-refractivity contribution in [1.82, 2.24) is 9.80 Å². The molecule has 1 aliphatic rings. The third-order valence-electron chi connectivity index (χ3n) is 4.54. The van der Waals surface area contributed by atoms with Crippen LogP contribution in [0.2, 0.25) is 0 Å². The molecule has 1 aliphatic heterocycles. The molecule has 0 radical (unpaired) electrons. The summed E-state index contributed by atoms with van der Waals surface area (Å²) in [7, 11) is 5.22. The van der Waals surface area contributed by atoms with E-state index in [0.717, 1.165) is 17.7 Å². The molecule has 0 spiro atoms. The van der Waals surface area contributed by atoms with E-state index in [1.807, 2.05) is 31.2 Å². The molecule has 120 valence electrons. The molecular weight excluding hydrogens is 280 g/mol. The second-order valence-electron chi connectivity index (χ2n) is 5.90. The van der Waals surface area contributed by atoms with E-state index in [1.165, 1.54) is 0 Å². The Kier molecular flexibility index (Phi) is 5.06. The first-order valence-corrected chi connectivity index (χ1v) is 7.58. The van der Waals surface area contributed by atoms with Crippen LogP contribution in [-0.4, -0.2) is 49.4 Å². The number of piperidine rings is 1. The molecule has 0 aromatic heterocycles. The van der Waals surface area contributed by atoms with Crippen LogP contribution in [0.25, 0.3) is 0 Å². The van der Waals surface area contributed by atoms with Gasteiger partial charge in [-0.1, -0.05) is 12.1 Å². The molecule has 0 aliphatic carbocycles. The monoisotopic (exact) mass is 304 g/mol. The summed E-state index contributed by atoms with van der Waals surface area (Å²) in [5, 5.41) is 0. The van der Waals surface area contributed by atoms with Crippen molar-refractivity contribution in [2.45, 2.75) is 25.8 Å². The van der Waals surface area contributed by atoms with Crippen LogP contribution in [0.3, 0.4) is 0 Å². The van der Waals surface area contributed by atoms with Gasteiger partial charge in [-0.05, 0) is 31.0 Å². The van der Waals surface area contributed by atoms with E-state index in [-0.39, 0.29) is 23.8 Å². The molecule has 1 aromatic carbocycles. The molecule has 0 unspecified atom stereocenters. The minimum Gasteiger partial charge on any atom is -0.497 e. The summed E-state index contributed by atoms with van der Waals surface area (Å²) in [4.78, 5) is 27.8. The van der Waals surface area contributed by atoms with Crippen molar-refractivity contribution in [3.8, 4) is 5.75 Å². The van der Waals surface area contributed by atoms with Crippen molar-refractivity contribution < 1.29 is 14.3 Å². The minimum atomic E-state index is -0.200. The zero-order valence-corrected chi connectivity index (χ0v) is 13.7. The van der Waals surface area contributed by atoms with Crippen molar-refractivity contribution in [1.29, 1.82) is 0 Å². The number of benzene rings is 1. The zero-order valence-electron chi connectivity index (χ0n) is 13.7. The third-order valence-corrected chi connectivity index (χ3v) is 4.54. The molecule has 5 nitrogen and oxygen atoms in total. The molecule has 5 heteroatoms. The molecule has 0 bridgehead atoms. The Morgan fingerprint density at radius 3 is 2.55 bits per heavy atom. The molecule has 2 rings (SSSR count). The van der Waals surface area contributed by atoms with Crippen molar-refractivity contribution >= 4 is 11.8 Å². The second kappa shape index (κ2) is 6.81. The van der Waals surface area contributed by atoms with Crippen LogP contribution in [-0.2, 0) is 9.59 Å². The first-order valence-electron chi connectivity index (χ1n) is 7.58. The van der Waals surface area contributed by atoms with Gasteiger partial charge in [-0.2, -0.15) is 0 Å². The lowest BCUT2D eigenvalue weighted by atomic mass is 9.94. The van der Waals surface area contributed by atoms with Crippen LogP contribution in [0.15, 0.2) is 24.3 Å². The number of likely N-dealkylation sites (tertiary alicyclic amines) is 1. The van der Waals surface area contributed by atoms with Gasteiger partial charge in [0.15, 0.2) is 0 Å². The number of ether oxygens (including phenoxy) is 1. The number of nitrogens with zero attached hydrogens (tertiary/aromatic N) is 2. The van der Waals surface area contributed by atoms with E-state index in [0.29, 0.717) is 13.0 Å². The topological polar surface area (TPSA) is 49.9 Å². The Morgan fingerprint density at radius 1 is 1.36 bits per heavy atom.